The summed E-state index contributed by atoms with van der Waals surface area (Å²) < 4.78 is 0. The summed E-state index contributed by atoms with van der Waals surface area (Å²) in [7, 11) is 0. The second kappa shape index (κ2) is 8.72. The van der Waals surface area contributed by atoms with Crippen LogP contribution in [0.25, 0.3) is 33.4 Å². The van der Waals surface area contributed by atoms with Crippen molar-refractivity contribution in [3.8, 4) is 22.4 Å². The van der Waals surface area contributed by atoms with Crippen LogP contribution in [-0.2, 0) is 12.8 Å². The zero-order valence-electron chi connectivity index (χ0n) is 19.4. The molecule has 4 N–H and O–H groups in total. The predicted octanol–water partition coefficient (Wildman–Crippen LogP) is 6.12. The van der Waals surface area contributed by atoms with E-state index in [1.54, 1.807) is 0 Å². The molecule has 0 spiro atoms. The van der Waals surface area contributed by atoms with E-state index in [0.717, 1.165) is 70.0 Å². The Kier molecular flexibility index (Phi) is 5.26. The Morgan fingerprint density at radius 3 is 2.74 bits per heavy atom. The van der Waals surface area contributed by atoms with Crippen molar-refractivity contribution in [2.45, 2.75) is 25.7 Å². The first-order valence-electron chi connectivity index (χ1n) is 11.8. The molecule has 0 aliphatic carbocycles. The number of nitrogens with two attached hydrogens (primary N) is 1. The summed E-state index contributed by atoms with van der Waals surface area (Å²) >= 11 is 0. The first-order chi connectivity index (χ1) is 17.1. The molecule has 8 bridgehead atoms. The molecule has 5 aromatic rings. The van der Waals surface area contributed by atoms with E-state index in [1.807, 2.05) is 30.6 Å². The molecule has 0 fully saturated rings. The van der Waals surface area contributed by atoms with Crippen molar-refractivity contribution in [1.29, 1.82) is 0 Å². The summed E-state index contributed by atoms with van der Waals surface area (Å²) in [5.74, 6) is 0.836. The van der Waals surface area contributed by atoms with Crippen molar-refractivity contribution in [2.24, 2.45) is 0 Å². The first kappa shape index (κ1) is 21.1. The van der Waals surface area contributed by atoms with Gasteiger partial charge >= 0.3 is 0 Å². The largest absolute Gasteiger partial charge is 0.397 e. The van der Waals surface area contributed by atoms with Gasteiger partial charge in [-0.3, -0.25) is 9.97 Å². The molecule has 0 amide bonds. The average molecular weight is 459 g/mol. The van der Waals surface area contributed by atoms with Gasteiger partial charge in [-0.2, -0.15) is 0 Å². The van der Waals surface area contributed by atoms with Crippen LogP contribution >= 0.6 is 0 Å². The normalized spacial score (nSPS) is 13.7. The molecule has 6 nitrogen and oxygen atoms in total. The van der Waals surface area contributed by atoms with E-state index in [2.05, 4.69) is 64.3 Å². The maximum absolute atomic E-state index is 6.32. The molecule has 4 heterocycles. The first-order valence-corrected chi connectivity index (χ1v) is 11.8. The van der Waals surface area contributed by atoms with Crippen molar-refractivity contribution < 1.29 is 0 Å². The zero-order chi connectivity index (χ0) is 23.8. The van der Waals surface area contributed by atoms with E-state index in [0.29, 0.717) is 12.1 Å². The summed E-state index contributed by atoms with van der Waals surface area (Å²) in [6.07, 6.45) is 6.99. The molecule has 6 rings (SSSR count). The number of H-pyrrole nitrogens is 1. The molecule has 35 heavy (non-hydrogen) atoms. The van der Waals surface area contributed by atoms with Gasteiger partial charge < -0.3 is 16.0 Å². The van der Waals surface area contributed by atoms with E-state index in [9.17, 15) is 0 Å². The fourth-order valence-electron chi connectivity index (χ4n) is 4.69. The summed E-state index contributed by atoms with van der Waals surface area (Å²) in [4.78, 5) is 17.7. The number of fused-ring (bicyclic) bond motifs is 9. The lowest BCUT2D eigenvalue weighted by Gasteiger charge is -2.12. The predicted molar refractivity (Wildman–Crippen MR) is 142 cm³/mol. The minimum atomic E-state index is 0.510. The Balaban J connectivity index is 1.48. The number of aromatic amines is 1. The topological polar surface area (TPSA) is 92.5 Å². The number of allylic oxidation sites excluding steroid dienone is 1. The van der Waals surface area contributed by atoms with Crippen LogP contribution in [0.4, 0.5) is 11.4 Å². The number of hydrogen-bond donors (Lipinski definition) is 3. The molecular formula is C29H26N6. The Morgan fingerprint density at radius 1 is 0.886 bits per heavy atom. The minimum Gasteiger partial charge on any atom is -0.397 e. The Hall–Kier alpha value is -4.45. The molecule has 2 aromatic carbocycles. The fourth-order valence-corrected chi connectivity index (χ4v) is 4.69. The highest BCUT2D eigenvalue weighted by Gasteiger charge is 2.14. The molecule has 1 aliphatic heterocycles. The summed E-state index contributed by atoms with van der Waals surface area (Å²) in [6, 6.07) is 20.9. The van der Waals surface area contributed by atoms with Gasteiger partial charge in [-0.1, -0.05) is 43.0 Å². The van der Waals surface area contributed by atoms with Gasteiger partial charge in [0, 0.05) is 23.0 Å². The van der Waals surface area contributed by atoms with Gasteiger partial charge in [0.15, 0.2) is 0 Å². The summed E-state index contributed by atoms with van der Waals surface area (Å²) in [5.41, 5.74) is 16.9. The highest BCUT2D eigenvalue weighted by molar-refractivity contribution is 5.92. The molecule has 6 heteroatoms. The maximum atomic E-state index is 6.32. The molecule has 0 saturated carbocycles. The number of nitrogens with one attached hydrogen (secondary N) is 2. The van der Waals surface area contributed by atoms with E-state index in [4.69, 9.17) is 15.7 Å². The number of rotatable bonds is 0. The Labute approximate surface area is 204 Å². The third-order valence-corrected chi connectivity index (χ3v) is 6.44. The SMILES string of the molecule is C=C1CCCc2cccc(c2)-c2cccc3[nH]c(nc23)Cc2nc(ccc2N)-c2cncc(c2)N1. The minimum absolute atomic E-state index is 0.510. The van der Waals surface area contributed by atoms with Crippen LogP contribution in [0.2, 0.25) is 0 Å². The van der Waals surface area contributed by atoms with Crippen LogP contribution in [0.3, 0.4) is 0 Å². The third kappa shape index (κ3) is 4.26. The van der Waals surface area contributed by atoms with Crippen LogP contribution in [0.1, 0.15) is 29.9 Å². The highest BCUT2D eigenvalue weighted by atomic mass is 14.9. The molecule has 0 radical (unpaired) electrons. The Bertz CT molecular complexity index is 1570. The summed E-state index contributed by atoms with van der Waals surface area (Å²) in [5, 5.41) is 3.41. The number of hydrogen-bond acceptors (Lipinski definition) is 5. The summed E-state index contributed by atoms with van der Waals surface area (Å²) in [6.45, 7) is 4.23. The monoisotopic (exact) mass is 458 g/mol. The number of benzene rings is 2. The van der Waals surface area contributed by atoms with Gasteiger partial charge in [-0.05, 0) is 54.7 Å². The Morgan fingerprint density at radius 2 is 1.80 bits per heavy atom. The maximum Gasteiger partial charge on any atom is 0.113 e. The van der Waals surface area contributed by atoms with Crippen LogP contribution in [0, 0.1) is 0 Å². The van der Waals surface area contributed by atoms with Crippen LogP contribution < -0.4 is 11.1 Å². The fraction of sp³-hybridized carbons (Fsp3) is 0.138. The number of aromatic nitrogens is 4. The lowest BCUT2D eigenvalue weighted by atomic mass is 9.99. The highest BCUT2D eigenvalue weighted by Crippen LogP contribution is 2.30. The standard InChI is InChI=1S/C29H26N6/c1-18-5-2-6-19-7-3-8-20(13-19)23-9-4-10-26-29(23)35-28(34-26)15-27-24(30)11-12-25(33-27)21-14-22(32-18)17-31-16-21/h3-4,7-14,16-17,32H,1-2,5-6,15,30H2,(H,34,35). The second-order valence-corrected chi connectivity index (χ2v) is 9.04. The van der Waals surface area contributed by atoms with E-state index < -0.39 is 0 Å². The number of para-hydroxylation sites is 1. The molecule has 0 unspecified atom stereocenters. The number of pyridine rings is 2. The number of aryl methyl sites for hydroxylation is 1. The second-order valence-electron chi connectivity index (χ2n) is 9.04. The lowest BCUT2D eigenvalue weighted by molar-refractivity contribution is 0.816. The number of imidazole rings is 1. The van der Waals surface area contributed by atoms with Crippen molar-refractivity contribution >= 4 is 22.4 Å². The van der Waals surface area contributed by atoms with Crippen molar-refractivity contribution in [3.05, 3.63) is 102 Å². The number of nitrogen functional groups attached to an aromatic ring is 1. The van der Waals surface area contributed by atoms with Crippen LogP contribution in [0.5, 0.6) is 0 Å². The van der Waals surface area contributed by atoms with E-state index >= 15 is 0 Å². The molecule has 0 saturated heterocycles. The van der Waals surface area contributed by atoms with Gasteiger partial charge in [-0.15, -0.1) is 0 Å². The van der Waals surface area contributed by atoms with Crippen LogP contribution in [-0.4, -0.2) is 19.9 Å². The van der Waals surface area contributed by atoms with Crippen molar-refractivity contribution in [2.75, 3.05) is 11.1 Å². The molecular weight excluding hydrogens is 432 g/mol. The zero-order valence-corrected chi connectivity index (χ0v) is 19.4. The number of nitrogens with zero attached hydrogens (tertiary/aromatic N) is 3. The number of anilines is 2. The molecule has 172 valence electrons. The third-order valence-electron chi connectivity index (χ3n) is 6.44. The van der Waals surface area contributed by atoms with Gasteiger partial charge in [0.05, 0.1) is 46.4 Å². The van der Waals surface area contributed by atoms with Crippen molar-refractivity contribution in [1.82, 2.24) is 19.9 Å². The van der Waals surface area contributed by atoms with Gasteiger partial charge in [0.2, 0.25) is 0 Å². The lowest BCUT2D eigenvalue weighted by Crippen LogP contribution is -2.03. The molecule has 0 atom stereocenters. The molecule has 3 aromatic heterocycles. The van der Waals surface area contributed by atoms with Crippen LogP contribution in [0.15, 0.2) is 85.3 Å². The van der Waals surface area contributed by atoms with E-state index in [1.165, 1.54) is 11.1 Å². The smallest absolute Gasteiger partial charge is 0.113 e. The van der Waals surface area contributed by atoms with Gasteiger partial charge in [0.1, 0.15) is 5.82 Å². The average Bonchev–Trinajstić information content (AvgIpc) is 3.28. The van der Waals surface area contributed by atoms with Crippen molar-refractivity contribution in [3.63, 3.8) is 0 Å². The van der Waals surface area contributed by atoms with Gasteiger partial charge in [-0.25, -0.2) is 4.98 Å². The molecule has 1 aliphatic rings. The van der Waals surface area contributed by atoms with E-state index in [-0.39, 0.29) is 0 Å². The quantitative estimate of drug-likeness (QED) is 0.260. The van der Waals surface area contributed by atoms with Gasteiger partial charge in [0.25, 0.3) is 0 Å².